The van der Waals surface area contributed by atoms with Gasteiger partial charge in [-0.3, -0.25) is 4.79 Å². The number of nitrogens with zero attached hydrogens (tertiary/aromatic N) is 1. The van der Waals surface area contributed by atoms with E-state index in [0.29, 0.717) is 5.02 Å². The quantitative estimate of drug-likeness (QED) is 0.874. The summed E-state index contributed by atoms with van der Waals surface area (Å²) >= 11 is 6.15. The summed E-state index contributed by atoms with van der Waals surface area (Å²) in [5, 5.41) is 0.580. The minimum absolute atomic E-state index is 0.149. The number of hydrogen-bond acceptors (Lipinski definition) is 2. The molecule has 0 heterocycles. The summed E-state index contributed by atoms with van der Waals surface area (Å²) in [4.78, 5) is 14.0. The maximum absolute atomic E-state index is 13.3. The lowest BCUT2D eigenvalue weighted by atomic mass is 10.1. The van der Waals surface area contributed by atoms with Crippen molar-refractivity contribution < 1.29 is 9.18 Å². The van der Waals surface area contributed by atoms with Gasteiger partial charge in [-0.25, -0.2) is 4.39 Å². The van der Waals surface area contributed by atoms with Crippen LogP contribution in [0.5, 0.6) is 0 Å². The van der Waals surface area contributed by atoms with Crippen molar-refractivity contribution in [3.8, 4) is 0 Å². The SMILES string of the molecule is CC(c1ccccc1Cl)N(C)C(=O)c1cc(F)ccc1N. The normalized spacial score (nSPS) is 12.0. The summed E-state index contributed by atoms with van der Waals surface area (Å²) in [6.07, 6.45) is 0. The summed E-state index contributed by atoms with van der Waals surface area (Å²) in [7, 11) is 1.64. The molecule has 1 unspecified atom stereocenters. The molecular weight excluding hydrogens is 291 g/mol. The Kier molecular flexibility index (Phi) is 4.48. The molecule has 1 amide bonds. The highest BCUT2D eigenvalue weighted by Crippen LogP contribution is 2.28. The number of benzene rings is 2. The average molecular weight is 307 g/mol. The predicted molar refractivity (Wildman–Crippen MR) is 82.8 cm³/mol. The molecule has 0 bridgehead atoms. The van der Waals surface area contributed by atoms with Crippen LogP contribution in [-0.4, -0.2) is 17.9 Å². The molecule has 2 aromatic carbocycles. The van der Waals surface area contributed by atoms with E-state index in [4.69, 9.17) is 17.3 Å². The van der Waals surface area contributed by atoms with Gasteiger partial charge in [-0.1, -0.05) is 29.8 Å². The molecule has 110 valence electrons. The lowest BCUT2D eigenvalue weighted by molar-refractivity contribution is 0.0743. The van der Waals surface area contributed by atoms with Gasteiger partial charge >= 0.3 is 0 Å². The first-order valence-corrected chi connectivity index (χ1v) is 6.86. The molecule has 0 aromatic heterocycles. The fraction of sp³-hybridized carbons (Fsp3) is 0.188. The number of anilines is 1. The lowest BCUT2D eigenvalue weighted by Crippen LogP contribution is -2.30. The predicted octanol–water partition coefficient (Wildman–Crippen LogP) is 3.89. The van der Waals surface area contributed by atoms with Gasteiger partial charge in [-0.2, -0.15) is 0 Å². The molecule has 0 fully saturated rings. The van der Waals surface area contributed by atoms with E-state index in [9.17, 15) is 9.18 Å². The molecule has 1 atom stereocenters. The maximum Gasteiger partial charge on any atom is 0.256 e. The van der Waals surface area contributed by atoms with Crippen LogP contribution in [0.1, 0.15) is 28.9 Å². The summed E-state index contributed by atoms with van der Waals surface area (Å²) in [6.45, 7) is 1.86. The molecule has 0 radical (unpaired) electrons. The number of carbonyl (C=O) groups is 1. The molecule has 5 heteroatoms. The van der Waals surface area contributed by atoms with Crippen LogP contribution in [0.4, 0.5) is 10.1 Å². The number of carbonyl (C=O) groups excluding carboxylic acids is 1. The molecule has 21 heavy (non-hydrogen) atoms. The zero-order valence-corrected chi connectivity index (χ0v) is 12.6. The third kappa shape index (κ3) is 3.16. The monoisotopic (exact) mass is 306 g/mol. The van der Waals surface area contributed by atoms with Gasteiger partial charge in [0, 0.05) is 17.8 Å². The third-order valence-electron chi connectivity index (χ3n) is 3.50. The van der Waals surface area contributed by atoms with Gasteiger partial charge in [-0.15, -0.1) is 0 Å². The molecule has 2 N–H and O–H groups in total. The van der Waals surface area contributed by atoms with Crippen molar-refractivity contribution in [2.45, 2.75) is 13.0 Å². The number of rotatable bonds is 3. The van der Waals surface area contributed by atoms with E-state index in [-0.39, 0.29) is 23.2 Å². The van der Waals surface area contributed by atoms with Gasteiger partial charge in [0.25, 0.3) is 5.91 Å². The first kappa shape index (κ1) is 15.3. The Labute approximate surface area is 128 Å². The second-order valence-electron chi connectivity index (χ2n) is 4.85. The highest BCUT2D eigenvalue weighted by Gasteiger charge is 2.22. The van der Waals surface area contributed by atoms with Crippen LogP contribution in [0.25, 0.3) is 0 Å². The highest BCUT2D eigenvalue weighted by molar-refractivity contribution is 6.31. The fourth-order valence-corrected chi connectivity index (χ4v) is 2.40. The zero-order chi connectivity index (χ0) is 15.6. The van der Waals surface area contributed by atoms with E-state index in [2.05, 4.69) is 0 Å². The Balaban J connectivity index is 2.31. The Morgan fingerprint density at radius 2 is 1.95 bits per heavy atom. The highest BCUT2D eigenvalue weighted by atomic mass is 35.5. The van der Waals surface area contributed by atoms with Crippen molar-refractivity contribution >= 4 is 23.2 Å². The lowest BCUT2D eigenvalue weighted by Gasteiger charge is -2.26. The van der Waals surface area contributed by atoms with Gasteiger partial charge in [0.2, 0.25) is 0 Å². The minimum atomic E-state index is -0.494. The molecule has 0 aliphatic heterocycles. The average Bonchev–Trinajstić information content (AvgIpc) is 2.48. The van der Waals surface area contributed by atoms with E-state index in [1.165, 1.54) is 17.0 Å². The Morgan fingerprint density at radius 3 is 2.62 bits per heavy atom. The first-order chi connectivity index (χ1) is 9.91. The van der Waals surface area contributed by atoms with Crippen LogP contribution in [0.15, 0.2) is 42.5 Å². The summed E-state index contributed by atoms with van der Waals surface area (Å²) < 4.78 is 13.3. The standard InChI is InChI=1S/C16H16ClFN2O/c1-10(12-5-3-4-6-14(12)17)20(2)16(21)13-9-11(18)7-8-15(13)19/h3-10H,19H2,1-2H3. The molecule has 3 nitrogen and oxygen atoms in total. The molecule has 2 aromatic rings. The number of halogens is 2. The van der Waals surface area contributed by atoms with Crippen LogP contribution < -0.4 is 5.73 Å². The first-order valence-electron chi connectivity index (χ1n) is 6.48. The topological polar surface area (TPSA) is 46.3 Å². The minimum Gasteiger partial charge on any atom is -0.398 e. The van der Waals surface area contributed by atoms with Crippen molar-refractivity contribution in [1.82, 2.24) is 4.90 Å². The van der Waals surface area contributed by atoms with Gasteiger partial charge in [0.1, 0.15) is 5.82 Å². The van der Waals surface area contributed by atoms with Crippen LogP contribution in [0, 0.1) is 5.82 Å². The number of hydrogen-bond donors (Lipinski definition) is 1. The van der Waals surface area contributed by atoms with E-state index < -0.39 is 5.82 Å². The number of nitrogens with two attached hydrogens (primary N) is 1. The summed E-state index contributed by atoms with van der Waals surface area (Å²) in [5.41, 5.74) is 6.98. The smallest absolute Gasteiger partial charge is 0.256 e. The molecule has 0 aliphatic carbocycles. The van der Waals surface area contributed by atoms with Crippen molar-refractivity contribution in [2.24, 2.45) is 0 Å². The molecular formula is C16H16ClFN2O. The maximum atomic E-state index is 13.3. The van der Waals surface area contributed by atoms with Crippen molar-refractivity contribution in [2.75, 3.05) is 12.8 Å². The van der Waals surface area contributed by atoms with Crippen molar-refractivity contribution in [1.29, 1.82) is 0 Å². The van der Waals surface area contributed by atoms with Gasteiger partial charge in [0.15, 0.2) is 0 Å². The van der Waals surface area contributed by atoms with E-state index >= 15 is 0 Å². The fourth-order valence-electron chi connectivity index (χ4n) is 2.10. The van der Waals surface area contributed by atoms with Crippen molar-refractivity contribution in [3.05, 3.63) is 64.4 Å². The van der Waals surface area contributed by atoms with Gasteiger partial charge in [-0.05, 0) is 36.8 Å². The molecule has 0 saturated heterocycles. The second kappa shape index (κ2) is 6.14. The molecule has 0 saturated carbocycles. The van der Waals surface area contributed by atoms with Gasteiger partial charge in [0.05, 0.1) is 11.6 Å². The number of amides is 1. The van der Waals surface area contributed by atoms with E-state index in [1.54, 1.807) is 13.1 Å². The van der Waals surface area contributed by atoms with E-state index in [0.717, 1.165) is 11.6 Å². The summed E-state index contributed by atoms with van der Waals surface area (Å²) in [6, 6.07) is 10.8. The molecule has 0 aliphatic rings. The Bertz CT molecular complexity index is 675. The summed E-state index contributed by atoms with van der Waals surface area (Å²) in [5.74, 6) is -0.842. The Hall–Kier alpha value is -2.07. The second-order valence-corrected chi connectivity index (χ2v) is 5.25. The number of nitrogen functional groups attached to an aromatic ring is 1. The Morgan fingerprint density at radius 1 is 1.29 bits per heavy atom. The largest absolute Gasteiger partial charge is 0.398 e. The van der Waals surface area contributed by atoms with Crippen LogP contribution in [0.2, 0.25) is 5.02 Å². The van der Waals surface area contributed by atoms with Gasteiger partial charge < -0.3 is 10.6 Å². The van der Waals surface area contributed by atoms with Crippen LogP contribution in [0.3, 0.4) is 0 Å². The van der Waals surface area contributed by atoms with Crippen LogP contribution in [-0.2, 0) is 0 Å². The third-order valence-corrected chi connectivity index (χ3v) is 3.85. The molecule has 0 spiro atoms. The van der Waals surface area contributed by atoms with Crippen molar-refractivity contribution in [3.63, 3.8) is 0 Å². The van der Waals surface area contributed by atoms with Crippen LogP contribution >= 0.6 is 11.6 Å². The molecule has 2 rings (SSSR count). The zero-order valence-electron chi connectivity index (χ0n) is 11.8. The van der Waals surface area contributed by atoms with E-state index in [1.807, 2.05) is 25.1 Å².